The predicted molar refractivity (Wildman–Crippen MR) is 134 cm³/mol. The van der Waals surface area contributed by atoms with Gasteiger partial charge in [-0.1, -0.05) is 56.5 Å². The zero-order valence-electron chi connectivity index (χ0n) is 20.9. The predicted octanol–water partition coefficient (Wildman–Crippen LogP) is 3.32. The monoisotopic (exact) mass is 479 g/mol. The van der Waals surface area contributed by atoms with Gasteiger partial charge in [-0.2, -0.15) is 5.10 Å². The molecule has 2 aromatic rings. The van der Waals surface area contributed by atoms with Crippen LogP contribution in [0.3, 0.4) is 0 Å². The Kier molecular flexibility index (Phi) is 7.88. The van der Waals surface area contributed by atoms with Gasteiger partial charge in [0.1, 0.15) is 11.2 Å². The average molecular weight is 480 g/mol. The highest BCUT2D eigenvalue weighted by molar-refractivity contribution is 6.01. The number of fused-ring (bicyclic) bond motifs is 1. The van der Waals surface area contributed by atoms with Crippen molar-refractivity contribution in [3.05, 3.63) is 53.3 Å². The summed E-state index contributed by atoms with van der Waals surface area (Å²) >= 11 is 0. The molecule has 1 atom stereocenters. The van der Waals surface area contributed by atoms with Crippen molar-refractivity contribution in [1.29, 1.82) is 0 Å². The first kappa shape index (κ1) is 24.9. The lowest BCUT2D eigenvalue weighted by Crippen LogP contribution is -2.65. The third-order valence-electron chi connectivity index (χ3n) is 7.22. The minimum Gasteiger partial charge on any atom is -0.351 e. The summed E-state index contributed by atoms with van der Waals surface area (Å²) in [6.45, 7) is 5.13. The molecule has 2 heterocycles. The zero-order valence-corrected chi connectivity index (χ0v) is 20.9. The quantitative estimate of drug-likeness (QED) is 0.511. The normalized spacial score (nSPS) is 20.1. The van der Waals surface area contributed by atoms with Crippen LogP contribution in [0.2, 0.25) is 0 Å². The number of carbonyl (C=O) groups excluding carboxylic acids is 3. The van der Waals surface area contributed by atoms with Crippen LogP contribution in [0.25, 0.3) is 0 Å². The number of aryl methyl sites for hydroxylation is 1. The molecule has 1 aromatic carbocycles. The SMILES string of the molecule is CCCCN1C(=O)c2cc(C(=O)NCCCc3ccccc3)nn2CC1(C)C(=O)NC1CCCC1. The van der Waals surface area contributed by atoms with Crippen molar-refractivity contribution in [2.75, 3.05) is 13.1 Å². The zero-order chi connectivity index (χ0) is 24.8. The van der Waals surface area contributed by atoms with Crippen molar-refractivity contribution in [2.45, 2.75) is 83.3 Å². The summed E-state index contributed by atoms with van der Waals surface area (Å²) in [7, 11) is 0. The van der Waals surface area contributed by atoms with Crippen LogP contribution < -0.4 is 10.6 Å². The number of rotatable bonds is 10. The summed E-state index contributed by atoms with van der Waals surface area (Å²) < 4.78 is 1.54. The molecule has 0 radical (unpaired) electrons. The van der Waals surface area contributed by atoms with Gasteiger partial charge in [0.15, 0.2) is 5.69 Å². The molecule has 188 valence electrons. The Morgan fingerprint density at radius 2 is 1.89 bits per heavy atom. The molecule has 0 spiro atoms. The summed E-state index contributed by atoms with van der Waals surface area (Å²) in [5.74, 6) is -0.684. The molecule has 3 amide bonds. The third-order valence-corrected chi connectivity index (χ3v) is 7.22. The highest BCUT2D eigenvalue weighted by Crippen LogP contribution is 2.29. The number of aromatic nitrogens is 2. The second-order valence-electron chi connectivity index (χ2n) is 9.96. The van der Waals surface area contributed by atoms with E-state index in [9.17, 15) is 14.4 Å². The van der Waals surface area contributed by atoms with Gasteiger partial charge in [0, 0.05) is 25.2 Å². The highest BCUT2D eigenvalue weighted by atomic mass is 16.2. The summed E-state index contributed by atoms with van der Waals surface area (Å²) in [5, 5.41) is 10.5. The van der Waals surface area contributed by atoms with E-state index < -0.39 is 5.54 Å². The molecule has 8 heteroatoms. The van der Waals surface area contributed by atoms with Crippen LogP contribution in [0.5, 0.6) is 0 Å². The first-order valence-electron chi connectivity index (χ1n) is 13.0. The van der Waals surface area contributed by atoms with E-state index in [-0.39, 0.29) is 36.0 Å². The molecule has 1 aliphatic heterocycles. The van der Waals surface area contributed by atoms with E-state index in [2.05, 4.69) is 34.8 Å². The second-order valence-corrected chi connectivity index (χ2v) is 9.96. The van der Waals surface area contributed by atoms with E-state index >= 15 is 0 Å². The molecule has 35 heavy (non-hydrogen) atoms. The van der Waals surface area contributed by atoms with E-state index in [4.69, 9.17) is 0 Å². The molecule has 1 aliphatic carbocycles. The molecular weight excluding hydrogens is 442 g/mol. The van der Waals surface area contributed by atoms with E-state index in [1.807, 2.05) is 25.1 Å². The van der Waals surface area contributed by atoms with Crippen molar-refractivity contribution in [3.8, 4) is 0 Å². The molecule has 8 nitrogen and oxygen atoms in total. The van der Waals surface area contributed by atoms with Crippen LogP contribution >= 0.6 is 0 Å². The number of carbonyl (C=O) groups is 3. The molecular formula is C27H37N5O3. The van der Waals surface area contributed by atoms with Gasteiger partial charge in [0.2, 0.25) is 5.91 Å². The topological polar surface area (TPSA) is 96.3 Å². The van der Waals surface area contributed by atoms with Gasteiger partial charge in [-0.25, -0.2) is 0 Å². The van der Waals surface area contributed by atoms with Gasteiger partial charge in [-0.05, 0) is 44.6 Å². The number of nitrogens with one attached hydrogen (secondary N) is 2. The number of amides is 3. The number of hydrogen-bond donors (Lipinski definition) is 2. The third kappa shape index (κ3) is 5.57. The number of hydrogen-bond acceptors (Lipinski definition) is 4. The maximum absolute atomic E-state index is 13.5. The lowest BCUT2D eigenvalue weighted by Gasteiger charge is -2.43. The summed E-state index contributed by atoms with van der Waals surface area (Å²) in [5.41, 5.74) is 0.759. The van der Waals surface area contributed by atoms with Gasteiger partial charge in [-0.15, -0.1) is 0 Å². The maximum atomic E-state index is 13.5. The van der Waals surface area contributed by atoms with Crippen LogP contribution in [0.1, 0.15) is 85.3 Å². The number of nitrogens with zero attached hydrogens (tertiary/aromatic N) is 3. The van der Waals surface area contributed by atoms with Crippen molar-refractivity contribution < 1.29 is 14.4 Å². The van der Waals surface area contributed by atoms with Gasteiger partial charge < -0.3 is 15.5 Å². The number of unbranched alkanes of at least 4 members (excludes halogenated alkanes) is 1. The maximum Gasteiger partial charge on any atom is 0.273 e. The Hall–Kier alpha value is -3.16. The Morgan fingerprint density at radius 1 is 1.14 bits per heavy atom. The molecule has 1 saturated carbocycles. The molecule has 1 unspecified atom stereocenters. The van der Waals surface area contributed by atoms with Crippen molar-refractivity contribution >= 4 is 17.7 Å². The van der Waals surface area contributed by atoms with Gasteiger partial charge >= 0.3 is 0 Å². The minimum atomic E-state index is -1.04. The van der Waals surface area contributed by atoms with Gasteiger partial charge in [0.25, 0.3) is 11.8 Å². The van der Waals surface area contributed by atoms with E-state index in [0.717, 1.165) is 51.4 Å². The largest absolute Gasteiger partial charge is 0.351 e. The smallest absolute Gasteiger partial charge is 0.273 e. The van der Waals surface area contributed by atoms with Crippen LogP contribution in [0.15, 0.2) is 36.4 Å². The first-order valence-corrected chi connectivity index (χ1v) is 13.0. The Balaban J connectivity index is 1.45. The lowest BCUT2D eigenvalue weighted by molar-refractivity contribution is -0.133. The number of benzene rings is 1. The van der Waals surface area contributed by atoms with Crippen LogP contribution in [-0.2, 0) is 17.8 Å². The Bertz CT molecular complexity index is 1040. The fraction of sp³-hybridized carbons (Fsp3) is 0.556. The Morgan fingerprint density at radius 3 is 2.60 bits per heavy atom. The second kappa shape index (κ2) is 11.1. The Labute approximate surface area is 207 Å². The lowest BCUT2D eigenvalue weighted by atomic mass is 9.94. The average Bonchev–Trinajstić information content (AvgIpc) is 3.52. The standard InChI is InChI=1S/C27H37N5O3/c1-3-4-17-31-25(34)23-18-22(24(33)28-16-10-13-20-11-6-5-7-12-20)30-32(23)19-27(31,2)26(35)29-21-14-8-9-15-21/h5-7,11-12,18,21H,3-4,8-10,13-17,19H2,1-2H3,(H,28,33)(H,29,35). The summed E-state index contributed by atoms with van der Waals surface area (Å²) in [6.07, 6.45) is 7.60. The van der Waals surface area contributed by atoms with Crippen LogP contribution in [-0.4, -0.2) is 57.1 Å². The van der Waals surface area contributed by atoms with E-state index in [1.54, 1.807) is 11.0 Å². The minimum absolute atomic E-state index is 0.137. The molecule has 2 N–H and O–H groups in total. The fourth-order valence-corrected chi connectivity index (χ4v) is 5.06. The van der Waals surface area contributed by atoms with E-state index in [1.165, 1.54) is 10.2 Å². The first-order chi connectivity index (χ1) is 16.9. The molecule has 0 bridgehead atoms. The van der Waals surface area contributed by atoms with Gasteiger partial charge in [-0.3, -0.25) is 19.1 Å². The highest BCUT2D eigenvalue weighted by Gasteiger charge is 2.48. The van der Waals surface area contributed by atoms with Crippen molar-refractivity contribution in [3.63, 3.8) is 0 Å². The van der Waals surface area contributed by atoms with Crippen LogP contribution in [0.4, 0.5) is 0 Å². The molecule has 2 aliphatic rings. The molecule has 4 rings (SSSR count). The van der Waals surface area contributed by atoms with E-state index in [0.29, 0.717) is 18.8 Å². The summed E-state index contributed by atoms with van der Waals surface area (Å²) in [4.78, 5) is 41.3. The van der Waals surface area contributed by atoms with Gasteiger partial charge in [0.05, 0.1) is 6.54 Å². The summed E-state index contributed by atoms with van der Waals surface area (Å²) in [6, 6.07) is 11.9. The molecule has 1 fully saturated rings. The molecule has 1 aromatic heterocycles. The fourth-order valence-electron chi connectivity index (χ4n) is 5.06. The van der Waals surface area contributed by atoms with Crippen molar-refractivity contribution in [1.82, 2.24) is 25.3 Å². The van der Waals surface area contributed by atoms with Crippen LogP contribution in [0, 0.1) is 0 Å². The van der Waals surface area contributed by atoms with Crippen molar-refractivity contribution in [2.24, 2.45) is 0 Å². The molecule has 0 saturated heterocycles.